The predicted molar refractivity (Wildman–Crippen MR) is 126 cm³/mol. The van der Waals surface area contributed by atoms with Crippen molar-refractivity contribution in [2.75, 3.05) is 51.9 Å². The number of morpholine rings is 1. The lowest BCUT2D eigenvalue weighted by Crippen LogP contribution is -2.37. The van der Waals surface area contributed by atoms with Crippen LogP contribution in [0.1, 0.15) is 34.0 Å². The summed E-state index contributed by atoms with van der Waals surface area (Å²) in [7, 11) is 1.58. The third-order valence-electron chi connectivity index (χ3n) is 6.25. The Morgan fingerprint density at radius 2 is 2.03 bits per heavy atom. The number of aromatic nitrogens is 2. The minimum atomic E-state index is -0.648. The van der Waals surface area contributed by atoms with Gasteiger partial charge in [-0.15, -0.1) is 0 Å². The second-order valence-electron chi connectivity index (χ2n) is 8.32. The summed E-state index contributed by atoms with van der Waals surface area (Å²) in [6, 6.07) is 8.78. The summed E-state index contributed by atoms with van der Waals surface area (Å²) in [4.78, 5) is 35.4. The topological polar surface area (TPSA) is 103 Å². The van der Waals surface area contributed by atoms with E-state index in [0.717, 1.165) is 51.1 Å². The van der Waals surface area contributed by atoms with Gasteiger partial charge in [-0.05, 0) is 36.2 Å². The fourth-order valence-corrected chi connectivity index (χ4v) is 4.51. The standard InChI is InChI=1S/C25H26N4O5/c1-32-21-12-18-20(13-22(21)34-8-2-5-29-6-9-33-10-7-29)26-15-27-24(18)23-17-11-16(14-30)3-4-19(17)28-25(23)31/h3-4,11-15,23H,2,5-10H2,1H3,(H,28,31). The lowest BCUT2D eigenvalue weighted by atomic mass is 9.93. The molecule has 3 aromatic rings. The number of nitrogens with zero attached hydrogens (tertiary/aromatic N) is 3. The molecule has 1 amide bonds. The van der Waals surface area contributed by atoms with Gasteiger partial charge in [0.2, 0.25) is 5.91 Å². The van der Waals surface area contributed by atoms with Gasteiger partial charge in [0, 0.05) is 42.3 Å². The molecule has 0 spiro atoms. The van der Waals surface area contributed by atoms with Crippen LogP contribution in [0, 0.1) is 0 Å². The van der Waals surface area contributed by atoms with Crippen LogP contribution < -0.4 is 14.8 Å². The molecule has 9 nitrogen and oxygen atoms in total. The summed E-state index contributed by atoms with van der Waals surface area (Å²) in [5.41, 5.74) is 3.11. The van der Waals surface area contributed by atoms with E-state index in [9.17, 15) is 9.59 Å². The monoisotopic (exact) mass is 462 g/mol. The van der Waals surface area contributed by atoms with Crippen LogP contribution in [0.25, 0.3) is 10.9 Å². The molecule has 1 N–H and O–H groups in total. The van der Waals surface area contributed by atoms with Gasteiger partial charge < -0.3 is 19.5 Å². The zero-order valence-electron chi connectivity index (χ0n) is 19.0. The quantitative estimate of drug-likeness (QED) is 0.403. The maximum Gasteiger partial charge on any atom is 0.238 e. The average molecular weight is 463 g/mol. The molecule has 1 aromatic heterocycles. The lowest BCUT2D eigenvalue weighted by molar-refractivity contribution is -0.116. The first-order chi connectivity index (χ1) is 16.7. The number of aldehydes is 1. The van der Waals surface area contributed by atoms with Crippen LogP contribution in [0.2, 0.25) is 0 Å². The largest absolute Gasteiger partial charge is 0.493 e. The second-order valence-corrected chi connectivity index (χ2v) is 8.32. The van der Waals surface area contributed by atoms with Gasteiger partial charge in [0.1, 0.15) is 18.5 Å². The highest BCUT2D eigenvalue weighted by molar-refractivity contribution is 6.07. The van der Waals surface area contributed by atoms with Gasteiger partial charge in [0.25, 0.3) is 0 Å². The zero-order chi connectivity index (χ0) is 23.5. The smallest absolute Gasteiger partial charge is 0.238 e. The summed E-state index contributed by atoms with van der Waals surface area (Å²) in [6.45, 7) is 4.95. The summed E-state index contributed by atoms with van der Waals surface area (Å²) >= 11 is 0. The Hall–Kier alpha value is -3.56. The number of hydrogen-bond donors (Lipinski definition) is 1. The zero-order valence-corrected chi connectivity index (χ0v) is 19.0. The van der Waals surface area contributed by atoms with Crippen molar-refractivity contribution < 1.29 is 23.8 Å². The van der Waals surface area contributed by atoms with Crippen LogP contribution in [0.3, 0.4) is 0 Å². The Balaban J connectivity index is 1.41. The Bertz CT molecular complexity index is 1230. The number of anilines is 1. The van der Waals surface area contributed by atoms with Crippen molar-refractivity contribution >= 4 is 28.8 Å². The highest BCUT2D eigenvalue weighted by Gasteiger charge is 2.34. The van der Waals surface area contributed by atoms with E-state index >= 15 is 0 Å². The Kier molecular flexibility index (Phi) is 6.37. The van der Waals surface area contributed by atoms with Crippen LogP contribution in [0.15, 0.2) is 36.7 Å². The number of benzene rings is 2. The highest BCUT2D eigenvalue weighted by atomic mass is 16.5. The lowest BCUT2D eigenvalue weighted by Gasteiger charge is -2.26. The van der Waals surface area contributed by atoms with Gasteiger partial charge in [-0.1, -0.05) is 0 Å². The number of carbonyl (C=O) groups is 2. The molecule has 2 aromatic carbocycles. The summed E-state index contributed by atoms with van der Waals surface area (Å²) in [5.74, 6) is 0.308. The molecule has 1 saturated heterocycles. The molecule has 1 fully saturated rings. The number of amides is 1. The van der Waals surface area contributed by atoms with Gasteiger partial charge in [-0.3, -0.25) is 14.5 Å². The molecular weight excluding hydrogens is 436 g/mol. The molecule has 1 atom stereocenters. The minimum absolute atomic E-state index is 0.194. The van der Waals surface area contributed by atoms with Gasteiger partial charge in [0.05, 0.1) is 38.1 Å². The molecular formula is C25H26N4O5. The van der Waals surface area contributed by atoms with Crippen LogP contribution in [-0.4, -0.2) is 73.6 Å². The number of fused-ring (bicyclic) bond motifs is 2. The van der Waals surface area contributed by atoms with Gasteiger partial charge >= 0.3 is 0 Å². The number of ether oxygens (including phenoxy) is 3. The molecule has 3 heterocycles. The summed E-state index contributed by atoms with van der Waals surface area (Å²) < 4.78 is 17.0. The van der Waals surface area contributed by atoms with E-state index in [1.807, 2.05) is 12.1 Å². The van der Waals surface area contributed by atoms with Gasteiger partial charge in [0.15, 0.2) is 11.5 Å². The van der Waals surface area contributed by atoms with Crippen molar-refractivity contribution in [3.63, 3.8) is 0 Å². The number of rotatable bonds is 8. The van der Waals surface area contributed by atoms with Crippen LogP contribution >= 0.6 is 0 Å². The van der Waals surface area contributed by atoms with Crippen molar-refractivity contribution in [2.24, 2.45) is 0 Å². The molecule has 2 aliphatic heterocycles. The number of carbonyl (C=O) groups excluding carboxylic acids is 2. The first kappa shape index (κ1) is 22.2. The molecule has 176 valence electrons. The van der Waals surface area contributed by atoms with E-state index in [4.69, 9.17) is 14.2 Å². The second kappa shape index (κ2) is 9.74. The average Bonchev–Trinajstić information content (AvgIpc) is 3.20. The van der Waals surface area contributed by atoms with E-state index in [-0.39, 0.29) is 5.91 Å². The molecule has 2 aliphatic rings. The maximum absolute atomic E-state index is 12.9. The van der Waals surface area contributed by atoms with Crippen molar-refractivity contribution in [2.45, 2.75) is 12.3 Å². The Morgan fingerprint density at radius 3 is 2.82 bits per heavy atom. The molecule has 9 heteroatoms. The molecule has 0 aliphatic carbocycles. The van der Waals surface area contributed by atoms with Gasteiger partial charge in [-0.2, -0.15) is 0 Å². The van der Waals surface area contributed by atoms with Crippen LogP contribution in [-0.2, 0) is 9.53 Å². The van der Waals surface area contributed by atoms with E-state index in [0.29, 0.717) is 46.0 Å². The third-order valence-corrected chi connectivity index (χ3v) is 6.25. The van der Waals surface area contributed by atoms with Gasteiger partial charge in [-0.25, -0.2) is 9.97 Å². The van der Waals surface area contributed by atoms with Crippen LogP contribution in [0.4, 0.5) is 5.69 Å². The van der Waals surface area contributed by atoms with E-state index < -0.39 is 5.92 Å². The molecule has 1 unspecified atom stereocenters. The van der Waals surface area contributed by atoms with Crippen molar-refractivity contribution in [3.05, 3.63) is 53.5 Å². The molecule has 34 heavy (non-hydrogen) atoms. The number of nitrogens with one attached hydrogen (secondary N) is 1. The number of hydrogen-bond acceptors (Lipinski definition) is 8. The van der Waals surface area contributed by atoms with E-state index in [1.54, 1.807) is 25.3 Å². The van der Waals surface area contributed by atoms with Crippen molar-refractivity contribution in [1.82, 2.24) is 14.9 Å². The first-order valence-electron chi connectivity index (χ1n) is 11.3. The third kappa shape index (κ3) is 4.32. The summed E-state index contributed by atoms with van der Waals surface area (Å²) in [5, 5.41) is 3.58. The van der Waals surface area contributed by atoms with Crippen molar-refractivity contribution in [1.29, 1.82) is 0 Å². The van der Waals surface area contributed by atoms with E-state index in [2.05, 4.69) is 20.2 Å². The molecule has 0 saturated carbocycles. The van der Waals surface area contributed by atoms with Crippen LogP contribution in [0.5, 0.6) is 11.5 Å². The first-order valence-corrected chi connectivity index (χ1v) is 11.3. The Labute approximate surface area is 197 Å². The molecule has 5 rings (SSSR count). The van der Waals surface area contributed by atoms with Crippen molar-refractivity contribution in [3.8, 4) is 11.5 Å². The minimum Gasteiger partial charge on any atom is -0.493 e. The predicted octanol–water partition coefficient (Wildman–Crippen LogP) is 2.64. The fraction of sp³-hybridized carbons (Fsp3) is 0.360. The fourth-order valence-electron chi connectivity index (χ4n) is 4.51. The molecule has 0 radical (unpaired) electrons. The normalized spacial score (nSPS) is 17.9. The number of methoxy groups -OCH3 is 1. The maximum atomic E-state index is 12.9. The SMILES string of the molecule is COc1cc2c(C3C(=O)Nc4ccc(C=O)cc43)ncnc2cc1OCCCN1CCOCC1. The highest BCUT2D eigenvalue weighted by Crippen LogP contribution is 2.41. The summed E-state index contributed by atoms with van der Waals surface area (Å²) in [6.07, 6.45) is 3.10. The Morgan fingerprint density at radius 1 is 1.18 bits per heavy atom. The molecule has 0 bridgehead atoms. The van der Waals surface area contributed by atoms with E-state index in [1.165, 1.54) is 6.33 Å².